The molecule has 1 aromatic carbocycles. The first-order valence-electron chi connectivity index (χ1n) is 5.50. The number of anilines is 1. The van der Waals surface area contributed by atoms with E-state index in [4.69, 9.17) is 10.6 Å². The van der Waals surface area contributed by atoms with Gasteiger partial charge in [-0.25, -0.2) is 10.3 Å². The molecule has 19 heavy (non-hydrogen) atoms. The molecule has 1 atom stereocenters. The van der Waals surface area contributed by atoms with Crippen molar-refractivity contribution in [1.29, 1.82) is 0 Å². The van der Waals surface area contributed by atoms with Gasteiger partial charge in [-0.05, 0) is 30.6 Å². The lowest BCUT2D eigenvalue weighted by Crippen LogP contribution is -2.34. The lowest BCUT2D eigenvalue weighted by atomic mass is 10.2. The van der Waals surface area contributed by atoms with Crippen molar-refractivity contribution >= 4 is 29.1 Å². The number of non-ortho nitro benzene ring substituents is 1. The second kappa shape index (κ2) is 7.59. The minimum atomic E-state index is -0.682. The molecule has 7 nitrogen and oxygen atoms in total. The third kappa shape index (κ3) is 5.14. The number of nitrogens with two attached hydrogens (primary N) is 1. The van der Waals surface area contributed by atoms with E-state index in [0.717, 1.165) is 5.75 Å². The summed E-state index contributed by atoms with van der Waals surface area (Å²) in [5.74, 6) is 0.209. The van der Waals surface area contributed by atoms with E-state index in [2.05, 4.69) is 5.48 Å². The maximum atomic E-state index is 11.5. The summed E-state index contributed by atoms with van der Waals surface area (Å²) >= 11 is 1.59. The third-order valence-electron chi connectivity index (χ3n) is 2.28. The second-order valence-electron chi connectivity index (χ2n) is 3.72. The number of rotatable bonds is 7. The zero-order valence-electron chi connectivity index (χ0n) is 10.4. The van der Waals surface area contributed by atoms with Crippen molar-refractivity contribution in [3.05, 3.63) is 34.4 Å². The minimum absolute atomic E-state index is 0.0338. The van der Waals surface area contributed by atoms with Crippen molar-refractivity contribution in [3.63, 3.8) is 0 Å². The van der Waals surface area contributed by atoms with E-state index in [1.807, 2.05) is 6.26 Å². The average Bonchev–Trinajstić information content (AvgIpc) is 2.42. The summed E-state index contributed by atoms with van der Waals surface area (Å²) in [6.07, 6.45) is 2.45. The van der Waals surface area contributed by atoms with Gasteiger partial charge in [0.2, 0.25) is 0 Å². The van der Waals surface area contributed by atoms with Gasteiger partial charge in [-0.1, -0.05) is 0 Å². The molecule has 0 spiro atoms. The van der Waals surface area contributed by atoms with E-state index >= 15 is 0 Å². The van der Waals surface area contributed by atoms with E-state index in [1.54, 1.807) is 11.8 Å². The Labute approximate surface area is 114 Å². The molecular formula is C11H15N3O4S. The molecule has 0 aromatic heterocycles. The summed E-state index contributed by atoms with van der Waals surface area (Å²) in [6.45, 7) is 0. The van der Waals surface area contributed by atoms with Gasteiger partial charge in [0, 0.05) is 12.1 Å². The number of nitrogens with zero attached hydrogens (tertiary/aromatic N) is 1. The standard InChI is InChI=1S/C11H15N3O4S/c1-19-7-6-10(12)11(15)18-13-8-2-4-9(5-3-8)14(16)17/h2-5,10,13H,6-7,12H2,1H3/t10-/m0/s1. The summed E-state index contributed by atoms with van der Waals surface area (Å²) in [7, 11) is 0. The smallest absolute Gasteiger partial charge is 0.342 e. The van der Waals surface area contributed by atoms with E-state index in [0.29, 0.717) is 12.1 Å². The fourth-order valence-corrected chi connectivity index (χ4v) is 1.69. The first-order chi connectivity index (χ1) is 9.04. The molecule has 1 aromatic rings. The Morgan fingerprint density at radius 3 is 2.68 bits per heavy atom. The van der Waals surface area contributed by atoms with Gasteiger partial charge in [0.25, 0.3) is 5.69 Å². The molecule has 1 rings (SSSR count). The molecule has 104 valence electrons. The number of thioether (sulfide) groups is 1. The quantitative estimate of drug-likeness (QED) is 0.578. The molecule has 0 fully saturated rings. The molecule has 0 saturated carbocycles. The van der Waals surface area contributed by atoms with Gasteiger partial charge in [-0.2, -0.15) is 11.8 Å². The summed E-state index contributed by atoms with van der Waals surface area (Å²) < 4.78 is 0. The normalized spacial score (nSPS) is 11.7. The zero-order valence-corrected chi connectivity index (χ0v) is 11.2. The highest BCUT2D eigenvalue weighted by Gasteiger charge is 2.15. The summed E-state index contributed by atoms with van der Waals surface area (Å²) in [4.78, 5) is 26.2. The number of hydrogen-bond donors (Lipinski definition) is 2. The van der Waals surface area contributed by atoms with Gasteiger partial charge in [0.1, 0.15) is 6.04 Å². The monoisotopic (exact) mass is 285 g/mol. The Balaban J connectivity index is 2.43. The van der Waals surface area contributed by atoms with Crippen LogP contribution in [0.4, 0.5) is 11.4 Å². The molecule has 0 amide bonds. The van der Waals surface area contributed by atoms with Crippen molar-refractivity contribution in [2.45, 2.75) is 12.5 Å². The first-order valence-corrected chi connectivity index (χ1v) is 6.89. The van der Waals surface area contributed by atoms with Crippen molar-refractivity contribution in [2.24, 2.45) is 5.73 Å². The molecule has 0 heterocycles. The second-order valence-corrected chi connectivity index (χ2v) is 4.70. The van der Waals surface area contributed by atoms with Crippen molar-refractivity contribution in [3.8, 4) is 0 Å². The van der Waals surface area contributed by atoms with Crippen LogP contribution in [-0.4, -0.2) is 28.9 Å². The highest BCUT2D eigenvalue weighted by atomic mass is 32.2. The maximum Gasteiger partial charge on any atom is 0.348 e. The fraction of sp³-hybridized carbons (Fsp3) is 0.364. The van der Waals surface area contributed by atoms with Crippen LogP contribution >= 0.6 is 11.8 Å². The van der Waals surface area contributed by atoms with Gasteiger partial charge in [-0.15, -0.1) is 0 Å². The molecule has 0 radical (unpaired) electrons. The average molecular weight is 285 g/mol. The summed E-state index contributed by atoms with van der Waals surface area (Å²) in [5.41, 5.74) is 8.43. The Hall–Kier alpha value is -1.80. The van der Waals surface area contributed by atoms with Crippen molar-refractivity contribution in [2.75, 3.05) is 17.5 Å². The highest BCUT2D eigenvalue weighted by Crippen LogP contribution is 2.15. The molecule has 0 aliphatic rings. The number of benzene rings is 1. The Morgan fingerprint density at radius 2 is 2.16 bits per heavy atom. The predicted molar refractivity (Wildman–Crippen MR) is 73.8 cm³/mol. The molecule has 0 saturated heterocycles. The molecule has 0 unspecified atom stereocenters. The largest absolute Gasteiger partial charge is 0.348 e. The first kappa shape index (κ1) is 15.3. The van der Waals surface area contributed by atoms with Gasteiger partial charge in [-0.3, -0.25) is 10.1 Å². The topological polar surface area (TPSA) is 107 Å². The number of carbonyl (C=O) groups is 1. The lowest BCUT2D eigenvalue weighted by Gasteiger charge is -2.11. The third-order valence-corrected chi connectivity index (χ3v) is 2.93. The van der Waals surface area contributed by atoms with Crippen LogP contribution in [0, 0.1) is 10.1 Å². The molecular weight excluding hydrogens is 270 g/mol. The van der Waals surface area contributed by atoms with Crippen LogP contribution < -0.4 is 11.2 Å². The predicted octanol–water partition coefficient (Wildman–Crippen LogP) is 1.55. The number of nitro groups is 1. The van der Waals surface area contributed by atoms with Crippen LogP contribution in [0.15, 0.2) is 24.3 Å². The van der Waals surface area contributed by atoms with Gasteiger partial charge in [0.15, 0.2) is 0 Å². The van der Waals surface area contributed by atoms with Crippen LogP contribution in [0.3, 0.4) is 0 Å². The van der Waals surface area contributed by atoms with Crippen molar-refractivity contribution < 1.29 is 14.6 Å². The molecule has 0 aliphatic heterocycles. The Kier molecular flexibility index (Phi) is 6.10. The van der Waals surface area contributed by atoms with E-state index in [9.17, 15) is 14.9 Å². The number of nitro benzene ring substituents is 1. The van der Waals surface area contributed by atoms with Crippen LogP contribution in [0.2, 0.25) is 0 Å². The maximum absolute atomic E-state index is 11.5. The molecule has 8 heteroatoms. The SMILES string of the molecule is CSCC[C@H](N)C(=O)ONc1ccc([N+](=O)[O-])cc1. The summed E-state index contributed by atoms with van der Waals surface area (Å²) in [6, 6.07) is 4.82. The Morgan fingerprint density at radius 1 is 1.53 bits per heavy atom. The summed E-state index contributed by atoms with van der Waals surface area (Å²) in [5, 5.41) is 10.4. The van der Waals surface area contributed by atoms with Crippen LogP contribution in [0.5, 0.6) is 0 Å². The van der Waals surface area contributed by atoms with Crippen molar-refractivity contribution in [1.82, 2.24) is 0 Å². The molecule has 3 N–H and O–H groups in total. The fourth-order valence-electron chi connectivity index (χ4n) is 1.20. The van der Waals surface area contributed by atoms with Gasteiger partial charge in [0.05, 0.1) is 10.6 Å². The van der Waals surface area contributed by atoms with Crippen LogP contribution in [0.1, 0.15) is 6.42 Å². The number of carbonyl (C=O) groups excluding carboxylic acids is 1. The van der Waals surface area contributed by atoms with E-state index in [-0.39, 0.29) is 5.69 Å². The number of nitrogens with one attached hydrogen (secondary N) is 1. The number of hydrogen-bond acceptors (Lipinski definition) is 7. The molecule has 0 aliphatic carbocycles. The highest BCUT2D eigenvalue weighted by molar-refractivity contribution is 7.98. The van der Waals surface area contributed by atoms with Gasteiger partial charge < -0.3 is 10.6 Å². The molecule has 0 bridgehead atoms. The van der Waals surface area contributed by atoms with E-state index < -0.39 is 16.9 Å². The van der Waals surface area contributed by atoms with Crippen LogP contribution in [-0.2, 0) is 9.63 Å². The minimum Gasteiger partial charge on any atom is -0.342 e. The lowest BCUT2D eigenvalue weighted by molar-refractivity contribution is -0.384. The van der Waals surface area contributed by atoms with Gasteiger partial charge >= 0.3 is 5.97 Å². The van der Waals surface area contributed by atoms with E-state index in [1.165, 1.54) is 24.3 Å². The Bertz CT molecular complexity index is 438. The van der Waals surface area contributed by atoms with Crippen LogP contribution in [0.25, 0.3) is 0 Å². The zero-order chi connectivity index (χ0) is 14.3.